The lowest BCUT2D eigenvalue weighted by Crippen LogP contribution is -2.42. The number of hydrogen-bond acceptors (Lipinski definition) is 4. The summed E-state index contributed by atoms with van der Waals surface area (Å²) >= 11 is 0. The third kappa shape index (κ3) is 2.75. The highest BCUT2D eigenvalue weighted by Crippen LogP contribution is 2.30. The lowest BCUT2D eigenvalue weighted by atomic mass is 9.83. The lowest BCUT2D eigenvalue weighted by Gasteiger charge is -2.38. The maximum Gasteiger partial charge on any atom is 0.131 e. The van der Waals surface area contributed by atoms with Gasteiger partial charge in [0.25, 0.3) is 0 Å². The number of nitrogen functional groups attached to an aromatic ring is 1. The maximum absolute atomic E-state index is 10.0. The highest BCUT2D eigenvalue weighted by atomic mass is 16.3. The lowest BCUT2D eigenvalue weighted by molar-refractivity contribution is 0.00645. The van der Waals surface area contributed by atoms with E-state index in [9.17, 15) is 5.11 Å². The van der Waals surface area contributed by atoms with E-state index in [1.54, 1.807) is 6.20 Å². The van der Waals surface area contributed by atoms with E-state index in [0.717, 1.165) is 37.3 Å². The van der Waals surface area contributed by atoms with E-state index in [1.165, 1.54) is 0 Å². The largest absolute Gasteiger partial charge is 0.397 e. The van der Waals surface area contributed by atoms with Crippen LogP contribution in [-0.4, -0.2) is 28.8 Å². The van der Waals surface area contributed by atoms with Gasteiger partial charge in [-0.2, -0.15) is 0 Å². The second kappa shape index (κ2) is 4.76. The Kier molecular flexibility index (Phi) is 3.48. The first-order valence-corrected chi connectivity index (χ1v) is 6.57. The van der Waals surface area contributed by atoms with E-state index in [-0.39, 0.29) is 0 Å². The van der Waals surface area contributed by atoms with Crippen molar-refractivity contribution in [3.05, 3.63) is 17.8 Å². The third-order valence-electron chi connectivity index (χ3n) is 3.87. The van der Waals surface area contributed by atoms with Crippen LogP contribution in [-0.2, 0) is 0 Å². The first-order valence-electron chi connectivity index (χ1n) is 6.57. The van der Waals surface area contributed by atoms with Gasteiger partial charge in [-0.15, -0.1) is 0 Å². The van der Waals surface area contributed by atoms with E-state index < -0.39 is 5.60 Å². The summed E-state index contributed by atoms with van der Waals surface area (Å²) in [5, 5.41) is 10.0. The number of nitrogens with two attached hydrogens (primary N) is 1. The Balaban J connectivity index is 2.06. The summed E-state index contributed by atoms with van der Waals surface area (Å²) in [7, 11) is 0. The van der Waals surface area contributed by atoms with Crippen molar-refractivity contribution in [1.29, 1.82) is 0 Å². The van der Waals surface area contributed by atoms with Gasteiger partial charge >= 0.3 is 0 Å². The molecule has 18 heavy (non-hydrogen) atoms. The molecule has 1 aliphatic heterocycles. The number of aliphatic hydroxyl groups is 1. The third-order valence-corrected chi connectivity index (χ3v) is 3.87. The molecule has 1 saturated heterocycles. The minimum absolute atomic E-state index is 0.378. The second-order valence-corrected chi connectivity index (χ2v) is 5.82. The summed E-state index contributed by atoms with van der Waals surface area (Å²) < 4.78 is 0. The number of pyridine rings is 1. The summed E-state index contributed by atoms with van der Waals surface area (Å²) in [4.78, 5) is 6.72. The fraction of sp³-hybridized carbons (Fsp3) is 0.643. The molecule has 1 aromatic heterocycles. The fourth-order valence-electron chi connectivity index (χ4n) is 2.72. The molecule has 0 aromatic carbocycles. The summed E-state index contributed by atoms with van der Waals surface area (Å²) in [6, 6.07) is 1.96. The Morgan fingerprint density at radius 3 is 2.50 bits per heavy atom. The van der Waals surface area contributed by atoms with Gasteiger partial charge in [-0.25, -0.2) is 4.98 Å². The van der Waals surface area contributed by atoms with Gasteiger partial charge in [0.2, 0.25) is 0 Å². The molecule has 0 spiro atoms. The van der Waals surface area contributed by atoms with Crippen molar-refractivity contribution in [3.63, 3.8) is 0 Å². The number of piperidine rings is 1. The van der Waals surface area contributed by atoms with Gasteiger partial charge in [-0.1, -0.05) is 0 Å². The molecule has 1 aliphatic rings. The number of hydrogen-bond donors (Lipinski definition) is 2. The number of aromatic nitrogens is 1. The van der Waals surface area contributed by atoms with E-state index in [4.69, 9.17) is 5.73 Å². The quantitative estimate of drug-likeness (QED) is 0.841. The SMILES string of the molecule is Cc1cc(N)cnc1N1CCC(C(C)(C)O)CC1. The van der Waals surface area contributed by atoms with Gasteiger partial charge in [0.15, 0.2) is 0 Å². The molecule has 2 rings (SSSR count). The van der Waals surface area contributed by atoms with Crippen molar-refractivity contribution in [3.8, 4) is 0 Å². The molecule has 0 bridgehead atoms. The van der Waals surface area contributed by atoms with Crippen LogP contribution in [0.5, 0.6) is 0 Å². The van der Waals surface area contributed by atoms with Gasteiger partial charge in [0.1, 0.15) is 5.82 Å². The second-order valence-electron chi connectivity index (χ2n) is 5.82. The van der Waals surface area contributed by atoms with Crippen LogP contribution >= 0.6 is 0 Å². The standard InChI is InChI=1S/C14H23N3O/c1-10-8-12(15)9-16-13(10)17-6-4-11(5-7-17)14(2,3)18/h8-9,11,18H,4-7,15H2,1-3H3. The molecule has 0 unspecified atom stereocenters. The number of nitrogens with zero attached hydrogens (tertiary/aromatic N) is 2. The van der Waals surface area contributed by atoms with Crippen molar-refractivity contribution in [2.24, 2.45) is 5.92 Å². The Morgan fingerprint density at radius 2 is 2.00 bits per heavy atom. The molecular weight excluding hydrogens is 226 g/mol. The van der Waals surface area contributed by atoms with Crippen LogP contribution in [0.4, 0.5) is 11.5 Å². The van der Waals surface area contributed by atoms with Gasteiger partial charge in [0, 0.05) is 13.1 Å². The van der Waals surface area contributed by atoms with Crippen molar-refractivity contribution in [2.45, 2.75) is 39.2 Å². The average molecular weight is 249 g/mol. The highest BCUT2D eigenvalue weighted by molar-refractivity contribution is 5.52. The number of aryl methyl sites for hydroxylation is 1. The maximum atomic E-state index is 10.0. The average Bonchev–Trinajstić information content (AvgIpc) is 2.28. The Bertz CT molecular complexity index is 418. The molecule has 100 valence electrons. The van der Waals surface area contributed by atoms with Crippen LogP contribution < -0.4 is 10.6 Å². The Morgan fingerprint density at radius 1 is 1.39 bits per heavy atom. The van der Waals surface area contributed by atoms with Crippen LogP contribution in [0.15, 0.2) is 12.3 Å². The molecule has 0 radical (unpaired) electrons. The molecule has 1 aromatic rings. The fourth-order valence-corrected chi connectivity index (χ4v) is 2.72. The Hall–Kier alpha value is -1.29. The van der Waals surface area contributed by atoms with E-state index in [2.05, 4.69) is 9.88 Å². The smallest absolute Gasteiger partial charge is 0.131 e. The van der Waals surface area contributed by atoms with E-state index >= 15 is 0 Å². The minimum Gasteiger partial charge on any atom is -0.397 e. The Labute approximate surface area is 109 Å². The summed E-state index contributed by atoms with van der Waals surface area (Å²) in [6.07, 6.45) is 3.73. The molecule has 0 saturated carbocycles. The summed E-state index contributed by atoms with van der Waals surface area (Å²) in [5.41, 5.74) is 6.98. The molecule has 0 aliphatic carbocycles. The topological polar surface area (TPSA) is 62.4 Å². The molecule has 4 heteroatoms. The van der Waals surface area contributed by atoms with Gasteiger partial charge in [-0.3, -0.25) is 0 Å². The van der Waals surface area contributed by atoms with E-state index in [0.29, 0.717) is 11.6 Å². The van der Waals surface area contributed by atoms with Crippen LogP contribution in [0.1, 0.15) is 32.3 Å². The molecule has 2 heterocycles. The van der Waals surface area contributed by atoms with Crippen LogP contribution in [0, 0.1) is 12.8 Å². The summed E-state index contributed by atoms with van der Waals surface area (Å²) in [5.74, 6) is 1.40. The van der Waals surface area contributed by atoms with Crippen LogP contribution in [0.3, 0.4) is 0 Å². The predicted molar refractivity (Wildman–Crippen MR) is 74.6 cm³/mol. The van der Waals surface area contributed by atoms with Crippen LogP contribution in [0.2, 0.25) is 0 Å². The van der Waals surface area contributed by atoms with Crippen molar-refractivity contribution in [2.75, 3.05) is 23.7 Å². The van der Waals surface area contributed by atoms with Gasteiger partial charge < -0.3 is 15.7 Å². The van der Waals surface area contributed by atoms with Crippen LogP contribution in [0.25, 0.3) is 0 Å². The molecule has 0 atom stereocenters. The zero-order valence-electron chi connectivity index (χ0n) is 11.5. The minimum atomic E-state index is -0.574. The first-order chi connectivity index (χ1) is 8.38. The van der Waals surface area contributed by atoms with Crippen molar-refractivity contribution < 1.29 is 5.11 Å². The van der Waals surface area contributed by atoms with Crippen molar-refractivity contribution in [1.82, 2.24) is 4.98 Å². The molecule has 4 nitrogen and oxygen atoms in total. The predicted octanol–water partition coefficient (Wildman–Crippen LogP) is 1.96. The number of anilines is 2. The molecule has 3 N–H and O–H groups in total. The zero-order valence-corrected chi connectivity index (χ0v) is 11.5. The van der Waals surface area contributed by atoms with E-state index in [1.807, 2.05) is 26.8 Å². The summed E-state index contributed by atoms with van der Waals surface area (Å²) in [6.45, 7) is 7.75. The molecular formula is C14H23N3O. The van der Waals surface area contributed by atoms with Crippen molar-refractivity contribution >= 4 is 11.5 Å². The number of rotatable bonds is 2. The van der Waals surface area contributed by atoms with Gasteiger partial charge in [0.05, 0.1) is 17.5 Å². The normalized spacial score (nSPS) is 18.1. The molecule has 1 fully saturated rings. The monoisotopic (exact) mass is 249 g/mol. The first kappa shape index (κ1) is 13.1. The zero-order chi connectivity index (χ0) is 13.3. The highest BCUT2D eigenvalue weighted by Gasteiger charge is 2.31. The molecule has 0 amide bonds. The van der Waals surface area contributed by atoms with Gasteiger partial charge in [-0.05, 0) is 51.2 Å².